The summed E-state index contributed by atoms with van der Waals surface area (Å²) in [5.74, 6) is 1.000. The molecule has 7 heteroatoms. The van der Waals surface area contributed by atoms with Gasteiger partial charge in [-0.05, 0) is 80.7 Å². The maximum Gasteiger partial charge on any atom is 0.257 e. The van der Waals surface area contributed by atoms with E-state index in [0.717, 1.165) is 32.4 Å². The number of rotatable bonds is 6. The zero-order valence-corrected chi connectivity index (χ0v) is 19.7. The van der Waals surface area contributed by atoms with E-state index in [1.807, 2.05) is 36.9 Å². The van der Waals surface area contributed by atoms with Gasteiger partial charge < -0.3 is 15.0 Å². The summed E-state index contributed by atoms with van der Waals surface area (Å²) in [7, 11) is 0. The third-order valence-corrected chi connectivity index (χ3v) is 5.88. The molecule has 1 heterocycles. The van der Waals surface area contributed by atoms with Gasteiger partial charge in [0.05, 0.1) is 6.10 Å². The number of hydrogen-bond donors (Lipinski definition) is 2. The lowest BCUT2D eigenvalue weighted by atomic mass is 9.98. The number of carbonyl (C=O) groups is 2. The zero-order chi connectivity index (χ0) is 23.1. The Labute approximate surface area is 195 Å². The summed E-state index contributed by atoms with van der Waals surface area (Å²) in [5, 5.41) is 5.85. The van der Waals surface area contributed by atoms with Gasteiger partial charge in [-0.15, -0.1) is 0 Å². The lowest BCUT2D eigenvalue weighted by Gasteiger charge is -2.30. The highest BCUT2D eigenvalue weighted by molar-refractivity contribution is 7.80. The van der Waals surface area contributed by atoms with Crippen molar-refractivity contribution in [2.24, 2.45) is 5.92 Å². The Kier molecular flexibility index (Phi) is 8.22. The monoisotopic (exact) mass is 453 g/mol. The van der Waals surface area contributed by atoms with Crippen LogP contribution in [-0.4, -0.2) is 41.0 Å². The molecule has 0 bridgehead atoms. The molecule has 1 saturated heterocycles. The minimum Gasteiger partial charge on any atom is -0.491 e. The molecular formula is C25H31N3O3S. The van der Waals surface area contributed by atoms with E-state index in [1.54, 1.807) is 30.3 Å². The second-order valence-corrected chi connectivity index (χ2v) is 8.74. The van der Waals surface area contributed by atoms with Gasteiger partial charge >= 0.3 is 0 Å². The maximum absolute atomic E-state index is 12.8. The van der Waals surface area contributed by atoms with Crippen LogP contribution in [-0.2, 0) is 0 Å². The number of ether oxygens (including phenoxy) is 1. The molecule has 1 aliphatic heterocycles. The molecule has 2 aromatic carbocycles. The number of anilines is 1. The Morgan fingerprint density at radius 2 is 1.81 bits per heavy atom. The summed E-state index contributed by atoms with van der Waals surface area (Å²) in [6.07, 6.45) is 3.01. The SMILES string of the molecule is CCC(C)Oc1cccc(C(=O)NC(=S)Nc2cccc(C(=O)N3CCC(C)CC3)c2)c1. The summed E-state index contributed by atoms with van der Waals surface area (Å²) in [5.41, 5.74) is 1.71. The number of hydrogen-bond acceptors (Lipinski definition) is 4. The summed E-state index contributed by atoms with van der Waals surface area (Å²) >= 11 is 5.31. The van der Waals surface area contributed by atoms with Crippen molar-refractivity contribution in [3.63, 3.8) is 0 Å². The van der Waals surface area contributed by atoms with Crippen molar-refractivity contribution in [1.29, 1.82) is 0 Å². The van der Waals surface area contributed by atoms with Gasteiger partial charge in [-0.2, -0.15) is 0 Å². The highest BCUT2D eigenvalue weighted by atomic mass is 32.1. The van der Waals surface area contributed by atoms with Crippen LogP contribution in [0.2, 0.25) is 0 Å². The van der Waals surface area contributed by atoms with E-state index in [2.05, 4.69) is 17.6 Å². The van der Waals surface area contributed by atoms with Gasteiger partial charge in [0.15, 0.2) is 5.11 Å². The number of piperidine rings is 1. The van der Waals surface area contributed by atoms with Gasteiger partial charge in [-0.25, -0.2) is 0 Å². The average Bonchev–Trinajstić information content (AvgIpc) is 2.79. The Morgan fingerprint density at radius 1 is 1.12 bits per heavy atom. The fraction of sp³-hybridized carbons (Fsp3) is 0.400. The number of likely N-dealkylation sites (tertiary alicyclic amines) is 1. The highest BCUT2D eigenvalue weighted by Crippen LogP contribution is 2.20. The predicted molar refractivity (Wildman–Crippen MR) is 131 cm³/mol. The van der Waals surface area contributed by atoms with Crippen LogP contribution in [0, 0.1) is 5.92 Å². The van der Waals surface area contributed by atoms with E-state index in [4.69, 9.17) is 17.0 Å². The summed E-state index contributed by atoms with van der Waals surface area (Å²) < 4.78 is 5.78. The van der Waals surface area contributed by atoms with Gasteiger partial charge in [0.1, 0.15) is 5.75 Å². The largest absolute Gasteiger partial charge is 0.491 e. The molecule has 0 aromatic heterocycles. The molecule has 1 fully saturated rings. The smallest absolute Gasteiger partial charge is 0.257 e. The average molecular weight is 454 g/mol. The second-order valence-electron chi connectivity index (χ2n) is 8.33. The Hall–Kier alpha value is -2.93. The molecule has 1 aliphatic rings. The van der Waals surface area contributed by atoms with Crippen LogP contribution < -0.4 is 15.4 Å². The molecule has 0 aliphatic carbocycles. The van der Waals surface area contributed by atoms with E-state index in [0.29, 0.717) is 28.5 Å². The van der Waals surface area contributed by atoms with E-state index in [9.17, 15) is 9.59 Å². The van der Waals surface area contributed by atoms with Crippen molar-refractivity contribution >= 4 is 34.8 Å². The van der Waals surface area contributed by atoms with E-state index in [1.165, 1.54) is 0 Å². The molecule has 0 spiro atoms. The molecule has 1 atom stereocenters. The fourth-order valence-corrected chi connectivity index (χ4v) is 3.70. The Bertz CT molecular complexity index is 970. The Balaban J connectivity index is 1.59. The molecule has 1 unspecified atom stereocenters. The van der Waals surface area contributed by atoms with Crippen molar-refractivity contribution in [2.75, 3.05) is 18.4 Å². The standard InChI is InChI=1S/C25H31N3O3S/c1-4-18(3)31-22-10-6-7-19(16-22)23(29)27-25(32)26-21-9-5-8-20(15-21)24(30)28-13-11-17(2)12-14-28/h5-10,15-18H,4,11-14H2,1-3H3,(H2,26,27,29,32). The molecule has 2 aromatic rings. The number of nitrogens with one attached hydrogen (secondary N) is 2. The van der Waals surface area contributed by atoms with Crippen LogP contribution >= 0.6 is 12.2 Å². The summed E-state index contributed by atoms with van der Waals surface area (Å²) in [6.45, 7) is 7.81. The number of nitrogens with zero attached hydrogens (tertiary/aromatic N) is 1. The number of benzene rings is 2. The first-order valence-electron chi connectivity index (χ1n) is 11.1. The van der Waals surface area contributed by atoms with Crippen LogP contribution in [0.15, 0.2) is 48.5 Å². The van der Waals surface area contributed by atoms with E-state index >= 15 is 0 Å². The topological polar surface area (TPSA) is 70.7 Å². The summed E-state index contributed by atoms with van der Waals surface area (Å²) in [6, 6.07) is 14.2. The van der Waals surface area contributed by atoms with Gasteiger partial charge in [-0.1, -0.05) is 26.0 Å². The van der Waals surface area contributed by atoms with Crippen LogP contribution in [0.4, 0.5) is 5.69 Å². The molecule has 2 amide bonds. The van der Waals surface area contributed by atoms with Crippen LogP contribution in [0.25, 0.3) is 0 Å². The molecule has 2 N–H and O–H groups in total. The van der Waals surface area contributed by atoms with Gasteiger partial charge in [0.25, 0.3) is 11.8 Å². The lowest BCUT2D eigenvalue weighted by molar-refractivity contribution is 0.0697. The lowest BCUT2D eigenvalue weighted by Crippen LogP contribution is -2.38. The first-order valence-corrected chi connectivity index (χ1v) is 11.5. The number of amides is 2. The molecular weight excluding hydrogens is 422 g/mol. The van der Waals surface area contributed by atoms with Crippen LogP contribution in [0.5, 0.6) is 5.75 Å². The third kappa shape index (κ3) is 6.53. The third-order valence-electron chi connectivity index (χ3n) is 5.67. The summed E-state index contributed by atoms with van der Waals surface area (Å²) in [4.78, 5) is 27.3. The number of thiocarbonyl (C=S) groups is 1. The fourth-order valence-electron chi connectivity index (χ4n) is 3.49. The first-order chi connectivity index (χ1) is 15.4. The molecule has 3 rings (SSSR count). The van der Waals surface area contributed by atoms with Crippen LogP contribution in [0.3, 0.4) is 0 Å². The second kappa shape index (κ2) is 11.1. The van der Waals surface area contributed by atoms with Gasteiger partial charge in [-0.3, -0.25) is 14.9 Å². The van der Waals surface area contributed by atoms with Gasteiger partial charge in [0.2, 0.25) is 0 Å². The molecule has 0 saturated carbocycles. The van der Waals surface area contributed by atoms with Crippen molar-refractivity contribution in [2.45, 2.75) is 46.1 Å². The highest BCUT2D eigenvalue weighted by Gasteiger charge is 2.21. The zero-order valence-electron chi connectivity index (χ0n) is 18.9. The van der Waals surface area contributed by atoms with Crippen molar-refractivity contribution < 1.29 is 14.3 Å². The quantitative estimate of drug-likeness (QED) is 0.611. The van der Waals surface area contributed by atoms with E-state index in [-0.39, 0.29) is 23.0 Å². The van der Waals surface area contributed by atoms with Crippen molar-refractivity contribution in [3.8, 4) is 5.75 Å². The predicted octanol–water partition coefficient (Wildman–Crippen LogP) is 4.86. The molecule has 0 radical (unpaired) electrons. The minimum atomic E-state index is -0.327. The van der Waals surface area contributed by atoms with E-state index < -0.39 is 0 Å². The van der Waals surface area contributed by atoms with Crippen LogP contribution in [0.1, 0.15) is 60.7 Å². The maximum atomic E-state index is 12.8. The molecule has 6 nitrogen and oxygen atoms in total. The van der Waals surface area contributed by atoms with Gasteiger partial charge in [0, 0.05) is 29.9 Å². The normalized spacial score (nSPS) is 15.0. The minimum absolute atomic E-state index is 0.0219. The number of carbonyl (C=O) groups excluding carboxylic acids is 2. The Morgan fingerprint density at radius 3 is 2.53 bits per heavy atom. The van der Waals surface area contributed by atoms with Crippen molar-refractivity contribution in [3.05, 3.63) is 59.7 Å². The van der Waals surface area contributed by atoms with Crippen molar-refractivity contribution in [1.82, 2.24) is 10.2 Å². The molecule has 170 valence electrons. The molecule has 32 heavy (non-hydrogen) atoms. The first kappa shape index (κ1) is 23.7.